The topological polar surface area (TPSA) is 43.8 Å². The van der Waals surface area contributed by atoms with Gasteiger partial charge in [0.15, 0.2) is 0 Å². The Balaban J connectivity index is 2.59. The van der Waals surface area contributed by atoms with Gasteiger partial charge in [0, 0.05) is 20.6 Å². The number of nitrogens with zero attached hydrogens (tertiary/aromatic N) is 2. The number of hydrogen-bond donors (Lipinski definition) is 1. The van der Waals surface area contributed by atoms with Crippen molar-refractivity contribution in [1.29, 1.82) is 0 Å². The molecule has 0 aliphatic heterocycles. The third kappa shape index (κ3) is 2.40. The Morgan fingerprint density at radius 2 is 2.00 bits per heavy atom. The summed E-state index contributed by atoms with van der Waals surface area (Å²) in [6.45, 7) is 6.26. The molecule has 1 aromatic carbocycles. The Labute approximate surface area is 120 Å². The van der Waals surface area contributed by atoms with E-state index in [2.05, 4.69) is 41.7 Å². The molecule has 0 fully saturated rings. The lowest BCUT2D eigenvalue weighted by molar-refractivity contribution is 0.402. The van der Waals surface area contributed by atoms with E-state index < -0.39 is 0 Å². The molecule has 18 heavy (non-hydrogen) atoms. The molecular formula is C13H15BrClN3. The second-order valence-corrected chi connectivity index (χ2v) is 6.43. The lowest BCUT2D eigenvalue weighted by atomic mass is 10.1. The molecule has 5 heteroatoms. The third-order valence-corrected chi connectivity index (χ3v) is 3.64. The molecule has 2 N–H and O–H groups in total. The summed E-state index contributed by atoms with van der Waals surface area (Å²) in [4.78, 5) is 4.40. The first-order valence-corrected chi connectivity index (χ1v) is 6.76. The van der Waals surface area contributed by atoms with Crippen LogP contribution in [0.1, 0.15) is 20.8 Å². The minimum Gasteiger partial charge on any atom is -0.383 e. The van der Waals surface area contributed by atoms with E-state index in [0.29, 0.717) is 10.8 Å². The van der Waals surface area contributed by atoms with Gasteiger partial charge in [-0.1, -0.05) is 27.5 Å². The number of halogens is 2. The Hall–Kier alpha value is -1.00. The Kier molecular flexibility index (Phi) is 3.43. The van der Waals surface area contributed by atoms with E-state index in [1.807, 2.05) is 22.8 Å². The van der Waals surface area contributed by atoms with Crippen LogP contribution in [-0.4, -0.2) is 9.55 Å². The number of hydrogen-bond acceptors (Lipinski definition) is 2. The first-order chi connectivity index (χ1) is 8.30. The zero-order chi connectivity index (χ0) is 13.5. The largest absolute Gasteiger partial charge is 0.383 e. The van der Waals surface area contributed by atoms with Gasteiger partial charge in [-0.25, -0.2) is 4.98 Å². The molecule has 2 rings (SSSR count). The molecule has 2 aromatic rings. The number of anilines is 1. The maximum Gasteiger partial charge on any atom is 0.132 e. The summed E-state index contributed by atoms with van der Waals surface area (Å²) in [7, 11) is 0. The second-order valence-electron chi connectivity index (χ2n) is 5.14. The second kappa shape index (κ2) is 4.59. The van der Waals surface area contributed by atoms with E-state index >= 15 is 0 Å². The van der Waals surface area contributed by atoms with Gasteiger partial charge in [-0.2, -0.15) is 0 Å². The average molecular weight is 329 g/mol. The zero-order valence-corrected chi connectivity index (χ0v) is 12.9. The van der Waals surface area contributed by atoms with Crippen LogP contribution in [0, 0.1) is 0 Å². The number of nitrogens with two attached hydrogens (primary N) is 1. The highest BCUT2D eigenvalue weighted by atomic mass is 79.9. The van der Waals surface area contributed by atoms with Crippen molar-refractivity contribution in [3.8, 4) is 11.3 Å². The SMILES string of the molecule is CC(C)(C)n1cnc(-c2cc(Cl)ccc2Br)c1N. The van der Waals surface area contributed by atoms with Crippen molar-refractivity contribution in [3.63, 3.8) is 0 Å². The van der Waals surface area contributed by atoms with Crippen molar-refractivity contribution in [1.82, 2.24) is 9.55 Å². The van der Waals surface area contributed by atoms with E-state index in [-0.39, 0.29) is 5.54 Å². The third-order valence-electron chi connectivity index (χ3n) is 2.71. The summed E-state index contributed by atoms with van der Waals surface area (Å²) >= 11 is 9.52. The van der Waals surface area contributed by atoms with Crippen LogP contribution in [-0.2, 0) is 5.54 Å². The maximum atomic E-state index is 6.18. The number of rotatable bonds is 1. The van der Waals surface area contributed by atoms with Gasteiger partial charge >= 0.3 is 0 Å². The highest BCUT2D eigenvalue weighted by Gasteiger charge is 2.20. The Bertz CT molecular complexity index is 584. The predicted molar refractivity (Wildman–Crippen MR) is 79.8 cm³/mol. The van der Waals surface area contributed by atoms with Crippen molar-refractivity contribution in [2.24, 2.45) is 0 Å². The van der Waals surface area contributed by atoms with Gasteiger partial charge < -0.3 is 10.3 Å². The molecule has 0 aliphatic rings. The van der Waals surface area contributed by atoms with Crippen LogP contribution in [0.4, 0.5) is 5.82 Å². The van der Waals surface area contributed by atoms with E-state index in [1.54, 1.807) is 6.33 Å². The normalized spacial score (nSPS) is 11.8. The zero-order valence-electron chi connectivity index (χ0n) is 10.5. The summed E-state index contributed by atoms with van der Waals surface area (Å²) in [6, 6.07) is 5.58. The molecule has 1 heterocycles. The number of imidazole rings is 1. The molecule has 0 saturated heterocycles. The molecule has 0 bridgehead atoms. The van der Waals surface area contributed by atoms with Crippen molar-refractivity contribution >= 4 is 33.3 Å². The fourth-order valence-electron chi connectivity index (χ4n) is 1.78. The fourth-order valence-corrected chi connectivity index (χ4v) is 2.39. The summed E-state index contributed by atoms with van der Waals surface area (Å²) in [5.74, 6) is 0.644. The van der Waals surface area contributed by atoms with Crippen molar-refractivity contribution < 1.29 is 0 Å². The van der Waals surface area contributed by atoms with Crippen LogP contribution >= 0.6 is 27.5 Å². The number of benzene rings is 1. The van der Waals surface area contributed by atoms with Crippen molar-refractivity contribution in [2.45, 2.75) is 26.3 Å². The summed E-state index contributed by atoms with van der Waals surface area (Å²) in [6.07, 6.45) is 1.76. The van der Waals surface area contributed by atoms with Gasteiger partial charge in [0.1, 0.15) is 11.5 Å². The van der Waals surface area contributed by atoms with E-state index in [4.69, 9.17) is 17.3 Å². The Morgan fingerprint density at radius 1 is 1.33 bits per heavy atom. The van der Waals surface area contributed by atoms with Gasteiger partial charge in [-0.3, -0.25) is 0 Å². The predicted octanol–water partition coefficient (Wildman–Crippen LogP) is 4.30. The number of aromatic nitrogens is 2. The van der Waals surface area contributed by atoms with Gasteiger partial charge in [-0.15, -0.1) is 0 Å². The lowest BCUT2D eigenvalue weighted by Gasteiger charge is -2.22. The highest BCUT2D eigenvalue weighted by molar-refractivity contribution is 9.10. The van der Waals surface area contributed by atoms with E-state index in [1.165, 1.54) is 0 Å². The molecule has 0 unspecified atom stereocenters. The fraction of sp³-hybridized carbons (Fsp3) is 0.308. The molecule has 0 spiro atoms. The van der Waals surface area contributed by atoms with Crippen LogP contribution in [0.2, 0.25) is 5.02 Å². The number of nitrogen functional groups attached to an aromatic ring is 1. The van der Waals surface area contributed by atoms with Crippen LogP contribution < -0.4 is 5.73 Å². The molecular weight excluding hydrogens is 314 g/mol. The highest BCUT2D eigenvalue weighted by Crippen LogP contribution is 2.34. The first-order valence-electron chi connectivity index (χ1n) is 5.59. The average Bonchev–Trinajstić information content (AvgIpc) is 2.63. The molecule has 96 valence electrons. The molecule has 0 saturated carbocycles. The molecule has 0 radical (unpaired) electrons. The van der Waals surface area contributed by atoms with Crippen molar-refractivity contribution in [3.05, 3.63) is 34.0 Å². The van der Waals surface area contributed by atoms with Crippen molar-refractivity contribution in [2.75, 3.05) is 5.73 Å². The maximum absolute atomic E-state index is 6.18. The summed E-state index contributed by atoms with van der Waals surface area (Å²) in [5, 5.41) is 0.665. The minimum atomic E-state index is -0.0968. The molecule has 0 amide bonds. The van der Waals surface area contributed by atoms with Crippen LogP contribution in [0.5, 0.6) is 0 Å². The van der Waals surface area contributed by atoms with E-state index in [9.17, 15) is 0 Å². The smallest absolute Gasteiger partial charge is 0.132 e. The molecule has 1 aromatic heterocycles. The first kappa shape index (κ1) is 13.4. The van der Waals surface area contributed by atoms with Gasteiger partial charge in [0.05, 0.1) is 6.33 Å². The monoisotopic (exact) mass is 327 g/mol. The van der Waals surface area contributed by atoms with Crippen LogP contribution in [0.15, 0.2) is 29.0 Å². The van der Waals surface area contributed by atoms with Gasteiger partial charge in [-0.05, 0) is 39.0 Å². The molecule has 3 nitrogen and oxygen atoms in total. The van der Waals surface area contributed by atoms with Crippen LogP contribution in [0.3, 0.4) is 0 Å². The molecule has 0 aliphatic carbocycles. The van der Waals surface area contributed by atoms with Crippen LogP contribution in [0.25, 0.3) is 11.3 Å². The Morgan fingerprint density at radius 3 is 2.56 bits per heavy atom. The summed E-state index contributed by atoms with van der Waals surface area (Å²) in [5.41, 5.74) is 7.74. The quantitative estimate of drug-likeness (QED) is 0.848. The standard InChI is InChI=1S/C13H15BrClN3/c1-13(2,3)18-7-17-11(12(18)16)9-6-8(15)4-5-10(9)14/h4-7H,16H2,1-3H3. The van der Waals surface area contributed by atoms with E-state index in [0.717, 1.165) is 15.7 Å². The lowest BCUT2D eigenvalue weighted by Crippen LogP contribution is -2.22. The summed E-state index contributed by atoms with van der Waals surface area (Å²) < 4.78 is 2.88. The van der Waals surface area contributed by atoms with Gasteiger partial charge in [0.2, 0.25) is 0 Å². The van der Waals surface area contributed by atoms with Gasteiger partial charge in [0.25, 0.3) is 0 Å². The minimum absolute atomic E-state index is 0.0968. The molecule has 0 atom stereocenters.